The van der Waals surface area contributed by atoms with Crippen molar-refractivity contribution in [2.24, 2.45) is 0 Å². The third kappa shape index (κ3) is 4.49. The molecule has 3 heterocycles. The lowest BCUT2D eigenvalue weighted by molar-refractivity contribution is -0.175. The summed E-state index contributed by atoms with van der Waals surface area (Å²) in [5.41, 5.74) is 0.143. The Morgan fingerprint density at radius 2 is 2.12 bits per heavy atom. The first-order chi connectivity index (χ1) is 19.2. The van der Waals surface area contributed by atoms with E-state index in [2.05, 4.69) is 15.5 Å². The molecule has 2 fully saturated rings. The number of aliphatic hydroxyl groups is 1. The van der Waals surface area contributed by atoms with Crippen LogP contribution in [0.5, 0.6) is 11.5 Å². The number of amides is 1. The van der Waals surface area contributed by atoms with Crippen molar-refractivity contribution in [2.75, 3.05) is 33.8 Å². The van der Waals surface area contributed by atoms with E-state index in [0.717, 1.165) is 37.1 Å². The molecule has 11 heteroatoms. The van der Waals surface area contributed by atoms with Gasteiger partial charge in [-0.1, -0.05) is 13.5 Å². The van der Waals surface area contributed by atoms with Crippen LogP contribution in [0.4, 0.5) is 0 Å². The Labute approximate surface area is 240 Å². The number of piperidine rings is 1. The van der Waals surface area contributed by atoms with Gasteiger partial charge < -0.3 is 39.6 Å². The SMILES string of the molecule is C.COc1ccc2c3c1O[C@H]1C(OC(=O)[C@H](C)OC(=O)CCNC(=O)[C@@H]4CCCN4)=CC[C@@]4(O)[C@@H](C2)N(C)CC[C@]314. The molecule has 0 saturated carbocycles. The molecule has 2 bridgehead atoms. The van der Waals surface area contributed by atoms with Crippen LogP contribution in [-0.4, -0.2) is 91.5 Å². The highest BCUT2D eigenvalue weighted by atomic mass is 16.6. The van der Waals surface area contributed by atoms with E-state index < -0.39 is 35.2 Å². The number of hydrogen-bond acceptors (Lipinski definition) is 10. The molecular weight excluding hydrogens is 530 g/mol. The van der Waals surface area contributed by atoms with E-state index in [1.165, 1.54) is 6.92 Å². The summed E-state index contributed by atoms with van der Waals surface area (Å²) in [4.78, 5) is 39.8. The van der Waals surface area contributed by atoms with Gasteiger partial charge in [-0.05, 0) is 70.5 Å². The highest BCUT2D eigenvalue weighted by Crippen LogP contribution is 2.65. The van der Waals surface area contributed by atoms with Crippen LogP contribution < -0.4 is 20.1 Å². The van der Waals surface area contributed by atoms with Gasteiger partial charge in [-0.2, -0.15) is 0 Å². The van der Waals surface area contributed by atoms with E-state index >= 15 is 0 Å². The first-order valence-corrected chi connectivity index (χ1v) is 14.1. The summed E-state index contributed by atoms with van der Waals surface area (Å²) >= 11 is 0. The molecule has 1 aromatic carbocycles. The van der Waals surface area contributed by atoms with Crippen molar-refractivity contribution in [2.45, 2.75) is 88.2 Å². The topological polar surface area (TPSA) is 136 Å². The van der Waals surface area contributed by atoms with Gasteiger partial charge in [0.2, 0.25) is 5.91 Å². The number of hydrogen-bond donors (Lipinski definition) is 3. The van der Waals surface area contributed by atoms with E-state index in [1.807, 2.05) is 19.2 Å². The lowest BCUT2D eigenvalue weighted by Gasteiger charge is -2.61. The first-order valence-electron chi connectivity index (χ1n) is 14.1. The van der Waals surface area contributed by atoms with Crippen LogP contribution in [-0.2, 0) is 35.7 Å². The summed E-state index contributed by atoms with van der Waals surface area (Å²) in [6.45, 7) is 3.14. The number of rotatable bonds is 8. The maximum absolute atomic E-state index is 13.1. The maximum atomic E-state index is 13.1. The Morgan fingerprint density at radius 1 is 1.32 bits per heavy atom. The summed E-state index contributed by atoms with van der Waals surface area (Å²) in [5, 5.41) is 18.1. The lowest BCUT2D eigenvalue weighted by Crippen LogP contribution is -2.74. The van der Waals surface area contributed by atoms with Gasteiger partial charge in [-0.3, -0.25) is 9.59 Å². The summed E-state index contributed by atoms with van der Waals surface area (Å²) in [7, 11) is 3.61. The predicted octanol–water partition coefficient (Wildman–Crippen LogP) is 1.34. The zero-order valence-corrected chi connectivity index (χ0v) is 23.2. The number of benzene rings is 1. The molecule has 0 radical (unpaired) electrons. The number of carbonyl (C=O) groups excluding carboxylic acids is 3. The van der Waals surface area contributed by atoms with Crippen molar-refractivity contribution in [1.29, 1.82) is 0 Å². The number of methoxy groups -OCH3 is 1. The van der Waals surface area contributed by atoms with Crippen LogP contribution in [0.25, 0.3) is 0 Å². The molecule has 1 amide bonds. The van der Waals surface area contributed by atoms with Gasteiger partial charge in [0.15, 0.2) is 23.7 Å². The summed E-state index contributed by atoms with van der Waals surface area (Å²) in [6.07, 6.45) is 3.11. The minimum Gasteiger partial charge on any atom is -0.493 e. The second-order valence-corrected chi connectivity index (χ2v) is 11.5. The van der Waals surface area contributed by atoms with Crippen LogP contribution in [0.1, 0.15) is 57.6 Å². The standard InChI is InChI=1S/C29H37N3O8.CH4/c1-16(38-22(33)9-13-31-26(34)18-5-4-12-30-18)27(35)39-20-8-10-29(36)21-15-17-6-7-19(37-3)24-23(17)28(29,25(20)40-24)11-14-32(21)2;/h6-8,16,18,21,25,30,36H,4-5,9-15H2,1-3H3,(H,31,34);1H4/t16-,18-,21+,25-,28-,29+;/m0./s1. The Bertz CT molecular complexity index is 1260. The van der Waals surface area contributed by atoms with Gasteiger partial charge in [0.25, 0.3) is 0 Å². The number of ether oxygens (including phenoxy) is 4. The van der Waals surface area contributed by atoms with Gasteiger partial charge in [-0.15, -0.1) is 0 Å². The Morgan fingerprint density at radius 3 is 2.85 bits per heavy atom. The highest BCUT2D eigenvalue weighted by Gasteiger charge is 2.72. The Kier molecular flexibility index (Phi) is 7.82. The molecule has 3 N–H and O–H groups in total. The monoisotopic (exact) mass is 571 g/mol. The average Bonchev–Trinajstić information content (AvgIpc) is 3.59. The zero-order chi connectivity index (χ0) is 28.2. The number of likely N-dealkylation sites (tertiary alicyclic amines) is 1. The summed E-state index contributed by atoms with van der Waals surface area (Å²) < 4.78 is 23.2. The molecule has 1 aromatic rings. The second-order valence-electron chi connectivity index (χ2n) is 11.5. The fraction of sp³-hybridized carbons (Fsp3) is 0.633. The molecular formula is C30H41N3O8. The number of nitrogens with one attached hydrogen (secondary N) is 2. The van der Waals surface area contributed by atoms with Crippen molar-refractivity contribution < 1.29 is 38.4 Å². The van der Waals surface area contributed by atoms with Gasteiger partial charge in [0, 0.05) is 24.6 Å². The number of likely N-dealkylation sites (N-methyl/N-ethyl adjacent to an activating group) is 1. The van der Waals surface area contributed by atoms with Crippen molar-refractivity contribution in [3.63, 3.8) is 0 Å². The molecule has 6 rings (SSSR count). The third-order valence-corrected chi connectivity index (χ3v) is 9.42. The number of esters is 2. The van der Waals surface area contributed by atoms with E-state index in [1.54, 1.807) is 13.2 Å². The molecule has 1 spiro atoms. The molecule has 5 aliphatic rings. The Balaban J connectivity index is 0.00000337. The van der Waals surface area contributed by atoms with E-state index in [4.69, 9.17) is 18.9 Å². The quantitative estimate of drug-likeness (QED) is 0.392. The molecule has 0 unspecified atom stereocenters. The van der Waals surface area contributed by atoms with Crippen LogP contribution >= 0.6 is 0 Å². The summed E-state index contributed by atoms with van der Waals surface area (Å²) in [5.74, 6) is -0.0109. The van der Waals surface area contributed by atoms with Crippen LogP contribution in [0.15, 0.2) is 24.0 Å². The molecule has 6 atom stereocenters. The Hall–Kier alpha value is -3.15. The predicted molar refractivity (Wildman–Crippen MR) is 149 cm³/mol. The van der Waals surface area contributed by atoms with Gasteiger partial charge in [-0.25, -0.2) is 4.79 Å². The first kappa shape index (κ1) is 29.3. The molecule has 41 heavy (non-hydrogen) atoms. The minimum atomic E-state index is -1.16. The lowest BCUT2D eigenvalue weighted by atomic mass is 9.50. The van der Waals surface area contributed by atoms with Crippen molar-refractivity contribution >= 4 is 17.8 Å². The average molecular weight is 572 g/mol. The maximum Gasteiger partial charge on any atom is 0.352 e. The second kappa shape index (κ2) is 10.9. The van der Waals surface area contributed by atoms with Gasteiger partial charge in [0.1, 0.15) is 5.76 Å². The molecule has 3 aliphatic heterocycles. The fourth-order valence-corrected chi connectivity index (χ4v) is 7.41. The van der Waals surface area contributed by atoms with Crippen molar-refractivity contribution in [3.8, 4) is 11.5 Å². The minimum absolute atomic E-state index is 0. The largest absolute Gasteiger partial charge is 0.493 e. The van der Waals surface area contributed by atoms with E-state index in [9.17, 15) is 19.5 Å². The molecule has 2 saturated heterocycles. The van der Waals surface area contributed by atoms with Gasteiger partial charge >= 0.3 is 11.9 Å². The summed E-state index contributed by atoms with van der Waals surface area (Å²) in [6, 6.07) is 3.58. The molecule has 11 nitrogen and oxygen atoms in total. The van der Waals surface area contributed by atoms with Crippen molar-refractivity contribution in [1.82, 2.24) is 15.5 Å². The number of carbonyl (C=O) groups is 3. The van der Waals surface area contributed by atoms with Crippen LogP contribution in [0, 0.1) is 0 Å². The zero-order valence-electron chi connectivity index (χ0n) is 23.2. The molecule has 2 aliphatic carbocycles. The van der Waals surface area contributed by atoms with Crippen LogP contribution in [0.3, 0.4) is 0 Å². The van der Waals surface area contributed by atoms with Crippen LogP contribution in [0.2, 0.25) is 0 Å². The van der Waals surface area contributed by atoms with E-state index in [-0.39, 0.29) is 38.4 Å². The molecule has 224 valence electrons. The number of nitrogens with zero attached hydrogens (tertiary/aromatic N) is 1. The highest BCUT2D eigenvalue weighted by molar-refractivity contribution is 5.83. The third-order valence-electron chi connectivity index (χ3n) is 9.42. The van der Waals surface area contributed by atoms with Gasteiger partial charge in [0.05, 0.1) is 30.6 Å². The normalized spacial score (nSPS) is 31.5. The smallest absolute Gasteiger partial charge is 0.352 e. The van der Waals surface area contributed by atoms with Crippen molar-refractivity contribution in [3.05, 3.63) is 35.1 Å². The fourth-order valence-electron chi connectivity index (χ4n) is 7.41. The molecule has 0 aromatic heterocycles. The van der Waals surface area contributed by atoms with E-state index in [0.29, 0.717) is 36.5 Å².